The summed E-state index contributed by atoms with van der Waals surface area (Å²) in [7, 11) is -4.20. The largest absolute Gasteiger partial charge is 0.494 e. The maximum absolute atomic E-state index is 14.1. The highest BCUT2D eigenvalue weighted by Crippen LogP contribution is 2.29. The highest BCUT2D eigenvalue weighted by atomic mass is 35.5. The molecule has 220 valence electrons. The summed E-state index contributed by atoms with van der Waals surface area (Å²) >= 11 is 12.9. The Labute approximate surface area is 252 Å². The number of carbonyl (C=O) groups is 2. The van der Waals surface area contributed by atoms with Gasteiger partial charge in [-0.15, -0.1) is 0 Å². The number of sulfonamides is 1. The maximum atomic E-state index is 14.1. The molecule has 0 aliphatic carbocycles. The average molecular weight is 621 g/mol. The summed E-state index contributed by atoms with van der Waals surface area (Å²) in [6.45, 7) is 7.04. The molecule has 0 heterocycles. The molecule has 1 atom stereocenters. The number of hydrogen-bond donors (Lipinski definition) is 1. The van der Waals surface area contributed by atoms with E-state index in [0.717, 1.165) is 4.31 Å². The summed E-state index contributed by atoms with van der Waals surface area (Å²) in [6.07, 6.45) is 0.281. The van der Waals surface area contributed by atoms with Crippen LogP contribution in [0.25, 0.3) is 0 Å². The van der Waals surface area contributed by atoms with Crippen LogP contribution in [0.1, 0.15) is 39.7 Å². The van der Waals surface area contributed by atoms with Crippen molar-refractivity contribution in [3.8, 4) is 5.75 Å². The zero-order valence-corrected chi connectivity index (χ0v) is 25.8. The third-order valence-electron chi connectivity index (χ3n) is 6.25. The second-order valence-electron chi connectivity index (χ2n) is 9.56. The van der Waals surface area contributed by atoms with Gasteiger partial charge in [0.1, 0.15) is 18.3 Å². The molecule has 3 aromatic rings. The molecular formula is C30H35Cl2N3O5S. The predicted molar refractivity (Wildman–Crippen MR) is 163 cm³/mol. The molecular weight excluding hydrogens is 585 g/mol. The van der Waals surface area contributed by atoms with Gasteiger partial charge in [-0.25, -0.2) is 8.42 Å². The van der Waals surface area contributed by atoms with Gasteiger partial charge in [0.15, 0.2) is 0 Å². The molecule has 41 heavy (non-hydrogen) atoms. The zero-order valence-electron chi connectivity index (χ0n) is 23.5. The lowest BCUT2D eigenvalue weighted by Crippen LogP contribution is -2.53. The Morgan fingerprint density at radius 1 is 0.902 bits per heavy atom. The fourth-order valence-electron chi connectivity index (χ4n) is 4.28. The molecule has 0 radical (unpaired) electrons. The van der Waals surface area contributed by atoms with E-state index in [1.165, 1.54) is 17.0 Å². The first-order valence-electron chi connectivity index (χ1n) is 13.3. The fraction of sp³-hybridized carbons (Fsp3) is 0.333. The number of nitrogens with one attached hydrogen (secondary N) is 1. The van der Waals surface area contributed by atoms with E-state index in [2.05, 4.69) is 5.32 Å². The smallest absolute Gasteiger partial charge is 0.264 e. The molecule has 0 aromatic heterocycles. The Bertz CT molecular complexity index is 1410. The van der Waals surface area contributed by atoms with Gasteiger partial charge in [-0.2, -0.15) is 0 Å². The summed E-state index contributed by atoms with van der Waals surface area (Å²) < 4.78 is 34.4. The van der Waals surface area contributed by atoms with Crippen LogP contribution >= 0.6 is 23.2 Å². The van der Waals surface area contributed by atoms with Gasteiger partial charge in [-0.1, -0.05) is 54.4 Å². The Hall–Kier alpha value is -3.27. The molecule has 11 heteroatoms. The van der Waals surface area contributed by atoms with Crippen molar-refractivity contribution < 1.29 is 22.7 Å². The quantitative estimate of drug-likeness (QED) is 0.256. The van der Waals surface area contributed by atoms with Crippen LogP contribution in [0.15, 0.2) is 77.7 Å². The van der Waals surface area contributed by atoms with E-state index in [-0.39, 0.29) is 29.8 Å². The number of ether oxygens (including phenoxy) is 1. The van der Waals surface area contributed by atoms with Gasteiger partial charge in [0.2, 0.25) is 11.8 Å². The van der Waals surface area contributed by atoms with Crippen molar-refractivity contribution >= 4 is 50.7 Å². The maximum Gasteiger partial charge on any atom is 0.264 e. The number of rotatable bonds is 13. The average Bonchev–Trinajstić information content (AvgIpc) is 2.93. The molecule has 0 unspecified atom stereocenters. The second kappa shape index (κ2) is 14.6. The third-order valence-corrected chi connectivity index (χ3v) is 8.75. The Morgan fingerprint density at radius 2 is 1.51 bits per heavy atom. The van der Waals surface area contributed by atoms with Gasteiger partial charge in [0.05, 0.1) is 17.2 Å². The van der Waals surface area contributed by atoms with Gasteiger partial charge in [0, 0.05) is 28.2 Å². The predicted octanol–water partition coefficient (Wildman–Crippen LogP) is 5.92. The zero-order chi connectivity index (χ0) is 30.2. The van der Waals surface area contributed by atoms with E-state index in [1.54, 1.807) is 67.6 Å². The van der Waals surface area contributed by atoms with Crippen molar-refractivity contribution in [2.45, 2.75) is 57.6 Å². The fourth-order valence-corrected chi connectivity index (χ4v) is 6.21. The van der Waals surface area contributed by atoms with Crippen LogP contribution in [-0.2, 0) is 26.2 Å². The van der Waals surface area contributed by atoms with Crippen LogP contribution in [0.3, 0.4) is 0 Å². The van der Waals surface area contributed by atoms with Crippen LogP contribution in [0.4, 0.5) is 5.69 Å². The summed E-state index contributed by atoms with van der Waals surface area (Å²) in [5.41, 5.74) is 0.755. The Kier molecular flexibility index (Phi) is 11.5. The van der Waals surface area contributed by atoms with Gasteiger partial charge in [-0.05, 0) is 75.7 Å². The normalized spacial score (nSPS) is 12.1. The number of nitrogens with zero attached hydrogens (tertiary/aromatic N) is 2. The van der Waals surface area contributed by atoms with E-state index >= 15 is 0 Å². The standard InChI is InChI=1S/C30H35Cl2N3O5S/c1-5-28(30(37)33-21(3)4)34(19-25-26(31)13-10-14-27(25)32)29(36)20-35(22-11-8-7-9-12-22)41(38,39)24-17-15-23(16-18-24)40-6-2/h7-18,21,28H,5-6,19-20H2,1-4H3,(H,33,37)/t28-/m1/s1. The van der Waals surface area contributed by atoms with Gasteiger partial charge in [0.25, 0.3) is 10.0 Å². The van der Waals surface area contributed by atoms with Crippen molar-refractivity contribution in [2.24, 2.45) is 0 Å². The minimum Gasteiger partial charge on any atom is -0.494 e. The van der Waals surface area contributed by atoms with E-state index in [4.69, 9.17) is 27.9 Å². The number of amides is 2. The molecule has 0 bridgehead atoms. The molecule has 0 spiro atoms. The van der Waals surface area contributed by atoms with Crippen LogP contribution in [0.2, 0.25) is 10.0 Å². The molecule has 3 aromatic carbocycles. The van der Waals surface area contributed by atoms with Crippen LogP contribution < -0.4 is 14.4 Å². The van der Waals surface area contributed by atoms with Gasteiger partial charge < -0.3 is 15.0 Å². The van der Waals surface area contributed by atoms with Gasteiger partial charge >= 0.3 is 0 Å². The van der Waals surface area contributed by atoms with Crippen molar-refractivity contribution in [1.82, 2.24) is 10.2 Å². The molecule has 8 nitrogen and oxygen atoms in total. The van der Waals surface area contributed by atoms with Crippen LogP contribution in [0, 0.1) is 0 Å². The third kappa shape index (κ3) is 8.15. The van der Waals surface area contributed by atoms with Crippen molar-refractivity contribution in [3.05, 3.63) is 88.4 Å². The first-order chi connectivity index (χ1) is 19.5. The molecule has 3 rings (SSSR count). The highest BCUT2D eigenvalue weighted by Gasteiger charge is 2.34. The SMILES string of the molecule is CCOc1ccc(S(=O)(=O)N(CC(=O)N(Cc2c(Cl)cccc2Cl)[C@H](CC)C(=O)NC(C)C)c2ccccc2)cc1. The molecule has 0 aliphatic heterocycles. The molecule has 0 saturated heterocycles. The number of hydrogen-bond acceptors (Lipinski definition) is 5. The number of halogens is 2. The first kappa shape index (κ1) is 32.2. The van der Waals surface area contributed by atoms with Crippen molar-refractivity contribution in [3.63, 3.8) is 0 Å². The first-order valence-corrected chi connectivity index (χ1v) is 15.5. The van der Waals surface area contributed by atoms with Gasteiger partial charge in [-0.3, -0.25) is 13.9 Å². The lowest BCUT2D eigenvalue weighted by Gasteiger charge is -2.34. The van der Waals surface area contributed by atoms with Crippen LogP contribution in [-0.4, -0.2) is 50.4 Å². The monoisotopic (exact) mass is 619 g/mol. The molecule has 1 N–H and O–H groups in total. The summed E-state index contributed by atoms with van der Waals surface area (Å²) in [5, 5.41) is 3.52. The molecule has 0 fully saturated rings. The summed E-state index contributed by atoms with van der Waals surface area (Å²) in [5.74, 6) is -0.428. The lowest BCUT2D eigenvalue weighted by atomic mass is 10.1. The number of benzene rings is 3. The molecule has 0 aliphatic rings. The van der Waals surface area contributed by atoms with E-state index in [9.17, 15) is 18.0 Å². The topological polar surface area (TPSA) is 96.0 Å². The van der Waals surface area contributed by atoms with E-state index in [0.29, 0.717) is 33.7 Å². The second-order valence-corrected chi connectivity index (χ2v) is 12.2. The minimum absolute atomic E-state index is 0.0112. The van der Waals surface area contributed by atoms with E-state index in [1.807, 2.05) is 20.8 Å². The lowest BCUT2D eigenvalue weighted by molar-refractivity contribution is -0.140. The minimum atomic E-state index is -4.20. The Balaban J connectivity index is 2.07. The number of para-hydroxylation sites is 1. The molecule has 0 saturated carbocycles. The van der Waals surface area contributed by atoms with Crippen molar-refractivity contribution in [1.29, 1.82) is 0 Å². The van der Waals surface area contributed by atoms with Crippen LogP contribution in [0.5, 0.6) is 5.75 Å². The highest BCUT2D eigenvalue weighted by molar-refractivity contribution is 7.92. The number of anilines is 1. The van der Waals surface area contributed by atoms with E-state index < -0.39 is 28.5 Å². The summed E-state index contributed by atoms with van der Waals surface area (Å²) in [6, 6.07) is 18.3. The molecule has 2 amide bonds. The number of carbonyl (C=O) groups excluding carboxylic acids is 2. The van der Waals surface area contributed by atoms with Crippen molar-refractivity contribution in [2.75, 3.05) is 17.5 Å². The Morgan fingerprint density at radius 3 is 2.05 bits per heavy atom. The summed E-state index contributed by atoms with van der Waals surface area (Å²) in [4.78, 5) is 28.7.